The molecule has 0 saturated heterocycles. The monoisotopic (exact) mass is 333 g/mol. The number of hydrogen-bond donors (Lipinski definition) is 1. The number of hydrogen-bond acceptors (Lipinski definition) is 5. The van der Waals surface area contributed by atoms with Crippen LogP contribution in [0, 0.1) is 0 Å². The van der Waals surface area contributed by atoms with E-state index in [1.54, 1.807) is 4.90 Å². The van der Waals surface area contributed by atoms with Crippen molar-refractivity contribution in [3.05, 3.63) is 36.2 Å². The van der Waals surface area contributed by atoms with Gasteiger partial charge < -0.3 is 10.7 Å². The lowest BCUT2D eigenvalue weighted by Crippen LogP contribution is -2.38. The van der Waals surface area contributed by atoms with Crippen molar-refractivity contribution < 1.29 is 4.79 Å². The van der Waals surface area contributed by atoms with Gasteiger partial charge in [0.15, 0.2) is 5.82 Å². The number of anilines is 1. The van der Waals surface area contributed by atoms with Crippen LogP contribution in [-0.4, -0.2) is 32.6 Å². The van der Waals surface area contributed by atoms with E-state index in [0.29, 0.717) is 5.16 Å². The minimum Gasteiger partial charge on any atom is -0.336 e. The van der Waals surface area contributed by atoms with Gasteiger partial charge in [0, 0.05) is 18.2 Å². The van der Waals surface area contributed by atoms with E-state index in [-0.39, 0.29) is 17.7 Å². The molecule has 124 valence electrons. The molecular formula is C16H23N5OS. The van der Waals surface area contributed by atoms with Gasteiger partial charge in [-0.05, 0) is 32.4 Å². The summed E-state index contributed by atoms with van der Waals surface area (Å²) in [5, 5.41) is 8.70. The summed E-state index contributed by atoms with van der Waals surface area (Å²) in [6, 6.07) is 9.75. The largest absolute Gasteiger partial charge is 0.336 e. The number of aryl methyl sites for hydroxylation is 1. The van der Waals surface area contributed by atoms with Crippen LogP contribution in [0.5, 0.6) is 0 Å². The highest BCUT2D eigenvalue weighted by Crippen LogP contribution is 2.21. The van der Waals surface area contributed by atoms with Crippen molar-refractivity contribution in [3.63, 3.8) is 0 Å². The molecule has 2 aromatic rings. The molecule has 1 heterocycles. The number of aromatic nitrogens is 3. The fraction of sp³-hybridized carbons (Fsp3) is 0.438. The van der Waals surface area contributed by atoms with Gasteiger partial charge in [-0.2, -0.15) is 0 Å². The van der Waals surface area contributed by atoms with Crippen LogP contribution < -0.4 is 10.7 Å². The van der Waals surface area contributed by atoms with E-state index in [4.69, 9.17) is 5.84 Å². The van der Waals surface area contributed by atoms with Gasteiger partial charge in [0.2, 0.25) is 11.1 Å². The van der Waals surface area contributed by atoms with Crippen molar-refractivity contribution in [2.45, 2.75) is 44.8 Å². The number of nitrogens with zero attached hydrogens (tertiary/aromatic N) is 4. The number of amides is 1. The van der Waals surface area contributed by atoms with Crippen molar-refractivity contribution in [1.29, 1.82) is 0 Å². The number of nitrogens with two attached hydrogens (primary N) is 1. The Labute approximate surface area is 141 Å². The maximum absolute atomic E-state index is 12.6. The lowest BCUT2D eigenvalue weighted by Gasteiger charge is -2.26. The van der Waals surface area contributed by atoms with Crippen molar-refractivity contribution in [2.75, 3.05) is 16.5 Å². The third-order valence-electron chi connectivity index (χ3n) is 3.35. The van der Waals surface area contributed by atoms with Gasteiger partial charge in [-0.3, -0.25) is 4.79 Å². The first-order chi connectivity index (χ1) is 11.0. The highest BCUT2D eigenvalue weighted by Gasteiger charge is 2.20. The van der Waals surface area contributed by atoms with Crippen LogP contribution in [0.4, 0.5) is 5.69 Å². The molecule has 2 rings (SSSR count). The van der Waals surface area contributed by atoms with Gasteiger partial charge in [0.1, 0.15) is 0 Å². The molecule has 0 aliphatic carbocycles. The van der Waals surface area contributed by atoms with Crippen LogP contribution in [0.15, 0.2) is 35.5 Å². The van der Waals surface area contributed by atoms with E-state index in [2.05, 4.69) is 17.1 Å². The SMILES string of the molecule is CCCc1nnc(SCC(=O)N(c2ccccc2)C(C)C)n1N. The second-order valence-electron chi connectivity index (χ2n) is 5.50. The molecule has 1 amide bonds. The van der Waals surface area contributed by atoms with Gasteiger partial charge in [-0.15, -0.1) is 10.2 Å². The molecule has 1 aromatic carbocycles. The average Bonchev–Trinajstić information content (AvgIpc) is 2.87. The maximum Gasteiger partial charge on any atom is 0.237 e. The number of para-hydroxylation sites is 1. The van der Waals surface area contributed by atoms with E-state index in [0.717, 1.165) is 24.4 Å². The minimum absolute atomic E-state index is 0.0243. The summed E-state index contributed by atoms with van der Waals surface area (Å²) in [5.74, 6) is 7.01. The van der Waals surface area contributed by atoms with Crippen molar-refractivity contribution in [2.24, 2.45) is 0 Å². The van der Waals surface area contributed by atoms with E-state index in [1.165, 1.54) is 16.4 Å². The summed E-state index contributed by atoms with van der Waals surface area (Å²) >= 11 is 1.32. The molecule has 0 aliphatic heterocycles. The van der Waals surface area contributed by atoms with Crippen LogP contribution in [0.1, 0.15) is 33.0 Å². The lowest BCUT2D eigenvalue weighted by atomic mass is 10.2. The lowest BCUT2D eigenvalue weighted by molar-refractivity contribution is -0.116. The fourth-order valence-electron chi connectivity index (χ4n) is 2.31. The molecule has 7 heteroatoms. The average molecular weight is 333 g/mol. The Morgan fingerprint density at radius 1 is 1.30 bits per heavy atom. The third kappa shape index (κ3) is 4.25. The van der Waals surface area contributed by atoms with Crippen molar-refractivity contribution >= 4 is 23.4 Å². The van der Waals surface area contributed by atoms with Crippen molar-refractivity contribution in [1.82, 2.24) is 14.9 Å². The predicted molar refractivity (Wildman–Crippen MR) is 94.0 cm³/mol. The number of carbonyl (C=O) groups is 1. The molecule has 0 atom stereocenters. The van der Waals surface area contributed by atoms with E-state index >= 15 is 0 Å². The quantitative estimate of drug-likeness (QED) is 0.622. The first-order valence-electron chi connectivity index (χ1n) is 7.73. The first kappa shape index (κ1) is 17.3. The van der Waals surface area contributed by atoms with E-state index in [1.807, 2.05) is 44.2 Å². The van der Waals surface area contributed by atoms with Crippen LogP contribution in [0.25, 0.3) is 0 Å². The molecule has 2 N–H and O–H groups in total. The Morgan fingerprint density at radius 2 is 2.00 bits per heavy atom. The van der Waals surface area contributed by atoms with Crippen LogP contribution >= 0.6 is 11.8 Å². The highest BCUT2D eigenvalue weighted by atomic mass is 32.2. The van der Waals surface area contributed by atoms with Gasteiger partial charge in [-0.25, -0.2) is 4.68 Å². The zero-order valence-corrected chi connectivity index (χ0v) is 14.6. The maximum atomic E-state index is 12.6. The molecular weight excluding hydrogens is 310 g/mol. The van der Waals surface area contributed by atoms with Crippen LogP contribution in [0.3, 0.4) is 0 Å². The summed E-state index contributed by atoms with van der Waals surface area (Å²) in [6.07, 6.45) is 1.73. The minimum atomic E-state index is 0.0243. The molecule has 6 nitrogen and oxygen atoms in total. The summed E-state index contributed by atoms with van der Waals surface area (Å²) in [7, 11) is 0. The molecule has 0 fully saturated rings. The molecule has 0 bridgehead atoms. The molecule has 0 spiro atoms. The Balaban J connectivity index is 2.05. The number of nitrogen functional groups attached to an aromatic ring is 1. The molecule has 1 aromatic heterocycles. The van der Waals surface area contributed by atoms with Crippen molar-refractivity contribution in [3.8, 4) is 0 Å². The number of carbonyl (C=O) groups excluding carboxylic acids is 1. The van der Waals surface area contributed by atoms with Crippen LogP contribution in [-0.2, 0) is 11.2 Å². The molecule has 23 heavy (non-hydrogen) atoms. The standard InChI is InChI=1S/C16H23N5OS/c1-4-8-14-18-19-16(21(14)17)23-11-15(22)20(12(2)3)13-9-6-5-7-10-13/h5-7,9-10,12H,4,8,11,17H2,1-3H3. The molecule has 0 unspecified atom stereocenters. The summed E-state index contributed by atoms with van der Waals surface area (Å²) in [4.78, 5) is 14.4. The topological polar surface area (TPSA) is 77.0 Å². The van der Waals surface area contributed by atoms with Gasteiger partial charge in [-0.1, -0.05) is 36.9 Å². The first-order valence-corrected chi connectivity index (χ1v) is 8.72. The number of thioether (sulfide) groups is 1. The molecule has 0 radical (unpaired) electrons. The zero-order chi connectivity index (χ0) is 16.8. The van der Waals surface area contributed by atoms with Gasteiger partial charge in [0.05, 0.1) is 5.75 Å². The molecule has 0 aliphatic rings. The van der Waals surface area contributed by atoms with Gasteiger partial charge in [0.25, 0.3) is 0 Å². The van der Waals surface area contributed by atoms with E-state index in [9.17, 15) is 4.79 Å². The third-order valence-corrected chi connectivity index (χ3v) is 4.28. The Kier molecular flexibility index (Phi) is 6.04. The fourth-order valence-corrected chi connectivity index (χ4v) is 3.05. The second-order valence-corrected chi connectivity index (χ2v) is 6.44. The van der Waals surface area contributed by atoms with Crippen LogP contribution in [0.2, 0.25) is 0 Å². The molecule has 0 saturated carbocycles. The van der Waals surface area contributed by atoms with E-state index < -0.39 is 0 Å². The summed E-state index contributed by atoms with van der Waals surface area (Å²) < 4.78 is 1.48. The number of rotatable bonds is 7. The Hall–Kier alpha value is -2.02. The highest BCUT2D eigenvalue weighted by molar-refractivity contribution is 7.99. The Morgan fingerprint density at radius 3 is 2.61 bits per heavy atom. The smallest absolute Gasteiger partial charge is 0.237 e. The zero-order valence-electron chi connectivity index (χ0n) is 13.8. The predicted octanol–water partition coefficient (Wildman–Crippen LogP) is 2.48. The normalized spacial score (nSPS) is 11.0. The summed E-state index contributed by atoms with van der Waals surface area (Å²) in [5.41, 5.74) is 0.897. The number of benzene rings is 1. The second kappa shape index (κ2) is 8.01. The van der Waals surface area contributed by atoms with Gasteiger partial charge >= 0.3 is 0 Å². The summed E-state index contributed by atoms with van der Waals surface area (Å²) in [6.45, 7) is 6.06. The Bertz CT molecular complexity index is 641.